The van der Waals surface area contributed by atoms with E-state index in [2.05, 4.69) is 15.5 Å². The van der Waals surface area contributed by atoms with Crippen LogP contribution >= 0.6 is 11.3 Å². The first-order valence-corrected chi connectivity index (χ1v) is 6.89. The van der Waals surface area contributed by atoms with E-state index in [4.69, 9.17) is 0 Å². The molecule has 1 aromatic heterocycles. The van der Waals surface area contributed by atoms with Gasteiger partial charge in [0, 0.05) is 11.3 Å². The summed E-state index contributed by atoms with van der Waals surface area (Å²) in [6.07, 6.45) is 1.55. The lowest BCUT2D eigenvalue weighted by Gasteiger charge is -2.09. The first kappa shape index (κ1) is 14.3. The zero-order chi connectivity index (χ0) is 14.7. The molecule has 0 aliphatic rings. The molecule has 0 saturated heterocycles. The highest BCUT2D eigenvalue weighted by molar-refractivity contribution is 7.13. The van der Waals surface area contributed by atoms with Gasteiger partial charge in [0.15, 0.2) is 0 Å². The summed E-state index contributed by atoms with van der Waals surface area (Å²) in [6, 6.07) is 5.19. The lowest BCUT2D eigenvalue weighted by Crippen LogP contribution is -2.20. The second-order valence-corrected chi connectivity index (χ2v) is 5.54. The largest absolute Gasteiger partial charge is 0.402 e. The maximum absolute atomic E-state index is 12.1. The molecule has 102 valence electrons. The first-order valence-electron chi connectivity index (χ1n) is 6.08. The molecule has 0 aliphatic carbocycles. The topological polar surface area (TPSA) is 71.1 Å². The third-order valence-corrected chi connectivity index (χ3v) is 3.73. The predicted octanol–water partition coefficient (Wildman–Crippen LogP) is 1.29. The van der Waals surface area contributed by atoms with Gasteiger partial charge in [0.2, 0.25) is 13.9 Å². The lowest BCUT2D eigenvalue weighted by molar-refractivity contribution is 0.0979. The highest BCUT2D eigenvalue weighted by Gasteiger charge is 2.12. The summed E-state index contributed by atoms with van der Waals surface area (Å²) in [6.45, 7) is 3.72. The molecule has 0 atom stereocenters. The summed E-state index contributed by atoms with van der Waals surface area (Å²) in [7, 11) is 1.57. The van der Waals surface area contributed by atoms with Gasteiger partial charge in [0.1, 0.15) is 4.88 Å². The third-order valence-electron chi connectivity index (χ3n) is 2.82. The Hall–Kier alpha value is -2.15. The number of rotatable bonds is 3. The van der Waals surface area contributed by atoms with Crippen LogP contribution in [0.4, 0.5) is 5.69 Å². The molecule has 0 fully saturated rings. The summed E-state index contributed by atoms with van der Waals surface area (Å²) in [5.74, 6) is -0.401. The van der Waals surface area contributed by atoms with Crippen LogP contribution < -0.4 is 10.5 Å². The molecular weight excluding hydrogens is 273 g/mol. The fraction of sp³-hybridized carbons (Fsp3) is 0.154. The molecule has 1 aromatic carbocycles. The number of hydrogen-bond acceptors (Lipinski definition) is 4. The number of aromatic nitrogens is 1. The Bertz CT molecular complexity index is 669. The number of carbonyl (C=O) groups excluding carboxylic acids is 2. The molecule has 7 heteroatoms. The average molecular weight is 287 g/mol. The maximum atomic E-state index is 12.1. The zero-order valence-electron chi connectivity index (χ0n) is 11.5. The highest BCUT2D eigenvalue weighted by atomic mass is 32.1. The first-order chi connectivity index (χ1) is 9.51. The Morgan fingerprint density at radius 2 is 2.00 bits per heavy atom. The molecule has 1 heterocycles. The number of aryl methyl sites for hydroxylation is 2. The highest BCUT2D eigenvalue weighted by Crippen LogP contribution is 2.19. The van der Waals surface area contributed by atoms with Crippen molar-refractivity contribution in [3.8, 4) is 0 Å². The SMILES string of the molecule is BNC(=O)c1ccc(C)c(NC(=O)c2cnc(C)s2)c1. The van der Waals surface area contributed by atoms with Crippen LogP contribution in [0, 0.1) is 13.8 Å². The smallest absolute Gasteiger partial charge is 0.267 e. The fourth-order valence-corrected chi connectivity index (χ4v) is 2.37. The van der Waals surface area contributed by atoms with E-state index in [0.717, 1.165) is 10.6 Å². The molecule has 20 heavy (non-hydrogen) atoms. The number of thiazole rings is 1. The van der Waals surface area contributed by atoms with Gasteiger partial charge in [-0.2, -0.15) is 0 Å². The molecule has 0 radical (unpaired) electrons. The van der Waals surface area contributed by atoms with Crippen molar-refractivity contribution in [1.29, 1.82) is 0 Å². The van der Waals surface area contributed by atoms with Crippen LogP contribution in [0.15, 0.2) is 24.4 Å². The summed E-state index contributed by atoms with van der Waals surface area (Å²) in [5, 5.41) is 6.21. The number of anilines is 1. The number of nitrogens with zero attached hydrogens (tertiary/aromatic N) is 1. The van der Waals surface area contributed by atoms with Gasteiger partial charge in [-0.25, -0.2) is 4.98 Å². The van der Waals surface area contributed by atoms with E-state index in [1.54, 1.807) is 32.4 Å². The zero-order valence-corrected chi connectivity index (χ0v) is 12.3. The van der Waals surface area contributed by atoms with E-state index in [-0.39, 0.29) is 11.8 Å². The van der Waals surface area contributed by atoms with Gasteiger partial charge in [-0.1, -0.05) is 6.07 Å². The van der Waals surface area contributed by atoms with Crippen LogP contribution in [0.5, 0.6) is 0 Å². The van der Waals surface area contributed by atoms with Crippen LogP contribution in [0.1, 0.15) is 30.6 Å². The van der Waals surface area contributed by atoms with Crippen molar-refractivity contribution in [1.82, 2.24) is 10.2 Å². The molecule has 2 aromatic rings. The molecular formula is C13H14BN3O2S. The second kappa shape index (κ2) is 5.87. The minimum atomic E-state index is -0.215. The van der Waals surface area contributed by atoms with Crippen molar-refractivity contribution >= 4 is 36.8 Å². The average Bonchev–Trinajstić information content (AvgIpc) is 2.87. The number of nitrogens with one attached hydrogen (secondary N) is 2. The molecule has 2 N–H and O–H groups in total. The van der Waals surface area contributed by atoms with E-state index >= 15 is 0 Å². The van der Waals surface area contributed by atoms with Gasteiger partial charge in [0.25, 0.3) is 5.91 Å². The van der Waals surface area contributed by atoms with Gasteiger partial charge < -0.3 is 10.5 Å². The molecule has 5 nitrogen and oxygen atoms in total. The monoisotopic (exact) mass is 287 g/mol. The molecule has 0 unspecified atom stereocenters. The van der Waals surface area contributed by atoms with Crippen LogP contribution in [0.25, 0.3) is 0 Å². The van der Waals surface area contributed by atoms with E-state index in [9.17, 15) is 9.59 Å². The third kappa shape index (κ3) is 3.05. The quantitative estimate of drug-likeness (QED) is 0.836. The Kier molecular flexibility index (Phi) is 4.19. The van der Waals surface area contributed by atoms with Crippen molar-refractivity contribution in [3.63, 3.8) is 0 Å². The van der Waals surface area contributed by atoms with E-state index in [0.29, 0.717) is 16.1 Å². The summed E-state index contributed by atoms with van der Waals surface area (Å²) in [4.78, 5) is 28.3. The van der Waals surface area contributed by atoms with Crippen LogP contribution in [-0.4, -0.2) is 24.8 Å². The van der Waals surface area contributed by atoms with Gasteiger partial charge in [-0.3, -0.25) is 9.59 Å². The van der Waals surface area contributed by atoms with Crippen molar-refractivity contribution < 1.29 is 9.59 Å². The Morgan fingerprint density at radius 3 is 2.60 bits per heavy atom. The minimum Gasteiger partial charge on any atom is -0.402 e. The summed E-state index contributed by atoms with van der Waals surface area (Å²) in [5.41, 5.74) is 2.03. The molecule has 0 spiro atoms. The number of carbonyl (C=O) groups is 2. The van der Waals surface area contributed by atoms with Crippen molar-refractivity contribution in [2.24, 2.45) is 0 Å². The molecule has 0 saturated carbocycles. The predicted molar refractivity (Wildman–Crippen MR) is 82.0 cm³/mol. The summed E-state index contributed by atoms with van der Waals surface area (Å²) < 4.78 is 0. The van der Waals surface area contributed by atoms with Gasteiger partial charge in [-0.15, -0.1) is 11.3 Å². The Morgan fingerprint density at radius 1 is 1.25 bits per heavy atom. The number of hydrogen-bond donors (Lipinski definition) is 2. The Balaban J connectivity index is 2.24. The van der Waals surface area contributed by atoms with Crippen molar-refractivity contribution in [2.45, 2.75) is 13.8 Å². The van der Waals surface area contributed by atoms with Crippen molar-refractivity contribution in [2.75, 3.05) is 5.32 Å². The number of amides is 2. The van der Waals surface area contributed by atoms with Crippen molar-refractivity contribution in [3.05, 3.63) is 45.4 Å². The van der Waals surface area contributed by atoms with Crippen LogP contribution in [-0.2, 0) is 0 Å². The van der Waals surface area contributed by atoms with Crippen LogP contribution in [0.2, 0.25) is 0 Å². The fourth-order valence-electron chi connectivity index (χ4n) is 1.69. The standard InChI is InChI=1S/C13H14BN3O2S/c1-7-3-4-9(12(18)17-14)5-10(7)16-13(19)11-6-15-8(2)20-11/h3-6H,14H2,1-2H3,(H,16,19)(H,17,18). The molecule has 2 amide bonds. The van der Waals surface area contributed by atoms with Crippen LogP contribution in [0.3, 0.4) is 0 Å². The Labute approximate surface area is 121 Å². The molecule has 0 aliphatic heterocycles. The van der Waals surface area contributed by atoms with Gasteiger partial charge in [0.05, 0.1) is 11.2 Å². The van der Waals surface area contributed by atoms with Gasteiger partial charge >= 0.3 is 0 Å². The normalized spacial score (nSPS) is 10.1. The lowest BCUT2D eigenvalue weighted by atomic mass is 10.1. The van der Waals surface area contributed by atoms with E-state index < -0.39 is 0 Å². The van der Waals surface area contributed by atoms with E-state index in [1.165, 1.54) is 11.3 Å². The van der Waals surface area contributed by atoms with E-state index in [1.807, 2.05) is 13.8 Å². The molecule has 0 bridgehead atoms. The number of benzene rings is 1. The minimum absolute atomic E-state index is 0.186. The summed E-state index contributed by atoms with van der Waals surface area (Å²) >= 11 is 1.33. The maximum Gasteiger partial charge on any atom is 0.267 e. The second-order valence-electron chi connectivity index (χ2n) is 4.31. The molecule has 2 rings (SSSR count). The van der Waals surface area contributed by atoms with Gasteiger partial charge in [-0.05, 0) is 31.5 Å².